The Morgan fingerprint density at radius 2 is 1.85 bits per heavy atom. The van der Waals surface area contributed by atoms with Crippen LogP contribution >= 0.6 is 0 Å². The summed E-state index contributed by atoms with van der Waals surface area (Å²) in [6.07, 6.45) is 1.76. The summed E-state index contributed by atoms with van der Waals surface area (Å²) in [4.78, 5) is 30.9. The van der Waals surface area contributed by atoms with Crippen LogP contribution in [0.2, 0.25) is 0 Å². The van der Waals surface area contributed by atoms with Gasteiger partial charge in [0, 0.05) is 24.2 Å². The van der Waals surface area contributed by atoms with E-state index in [0.717, 1.165) is 17.4 Å². The number of fused-ring (bicyclic) bond motifs is 1. The Morgan fingerprint density at radius 1 is 1.11 bits per heavy atom. The molecular formula is C19H22N6O2. The minimum Gasteiger partial charge on any atom is -0.316 e. The summed E-state index contributed by atoms with van der Waals surface area (Å²) in [6, 6.07) is 11.1. The van der Waals surface area contributed by atoms with E-state index in [1.165, 1.54) is 0 Å². The van der Waals surface area contributed by atoms with Crippen molar-refractivity contribution in [1.29, 1.82) is 0 Å². The summed E-state index contributed by atoms with van der Waals surface area (Å²) in [7, 11) is 3.94. The van der Waals surface area contributed by atoms with E-state index < -0.39 is 11.8 Å². The summed E-state index contributed by atoms with van der Waals surface area (Å²) in [5.74, 6) is -1.21. The number of pyridine rings is 1. The van der Waals surface area contributed by atoms with Crippen molar-refractivity contribution < 1.29 is 9.59 Å². The van der Waals surface area contributed by atoms with Crippen LogP contribution in [0.15, 0.2) is 42.6 Å². The summed E-state index contributed by atoms with van der Waals surface area (Å²) < 4.78 is 1.71. The molecule has 0 saturated carbocycles. The Bertz CT molecular complexity index is 979. The number of carbonyl (C=O) groups excluding carboxylic acids is 2. The van der Waals surface area contributed by atoms with Crippen LogP contribution in [0.25, 0.3) is 10.9 Å². The number of hydrogen-bond acceptors (Lipinski definition) is 5. The highest BCUT2D eigenvalue weighted by Gasteiger charge is 2.17. The first-order valence-corrected chi connectivity index (χ1v) is 8.59. The molecule has 0 saturated heterocycles. The number of benzene rings is 1. The molecule has 1 aromatic carbocycles. The molecule has 0 spiro atoms. The van der Waals surface area contributed by atoms with Gasteiger partial charge in [-0.2, -0.15) is 5.10 Å². The van der Waals surface area contributed by atoms with Crippen LogP contribution in [-0.4, -0.2) is 52.1 Å². The van der Waals surface area contributed by atoms with E-state index in [9.17, 15) is 9.59 Å². The van der Waals surface area contributed by atoms with Gasteiger partial charge in [-0.25, -0.2) is 0 Å². The number of para-hydroxylation sites is 1. The van der Waals surface area contributed by atoms with Crippen LogP contribution in [-0.2, 0) is 16.1 Å². The molecule has 2 amide bonds. The number of anilines is 2. The SMILES string of the molecule is Cc1nc2ccccc2cc1NC(=O)C(=O)Nc1ccn(CCN(C)C)n1. The molecule has 0 aliphatic heterocycles. The molecule has 8 heteroatoms. The lowest BCUT2D eigenvalue weighted by Crippen LogP contribution is -2.29. The molecular weight excluding hydrogens is 344 g/mol. The fourth-order valence-corrected chi connectivity index (χ4v) is 2.55. The van der Waals surface area contributed by atoms with Crippen LogP contribution in [0.5, 0.6) is 0 Å². The Labute approximate surface area is 157 Å². The van der Waals surface area contributed by atoms with E-state index in [4.69, 9.17) is 0 Å². The molecule has 140 valence electrons. The van der Waals surface area contributed by atoms with Gasteiger partial charge in [-0.3, -0.25) is 19.3 Å². The zero-order valence-electron chi connectivity index (χ0n) is 15.6. The highest BCUT2D eigenvalue weighted by molar-refractivity contribution is 6.43. The van der Waals surface area contributed by atoms with Crippen LogP contribution in [0, 0.1) is 6.92 Å². The van der Waals surface area contributed by atoms with Gasteiger partial charge in [0.05, 0.1) is 23.4 Å². The predicted octanol–water partition coefficient (Wildman–Crippen LogP) is 1.88. The van der Waals surface area contributed by atoms with Crippen LogP contribution in [0.1, 0.15) is 5.69 Å². The van der Waals surface area contributed by atoms with Crippen molar-refractivity contribution in [2.24, 2.45) is 0 Å². The molecule has 0 atom stereocenters. The number of aromatic nitrogens is 3. The molecule has 0 radical (unpaired) electrons. The summed E-state index contributed by atoms with van der Waals surface area (Å²) >= 11 is 0. The second-order valence-electron chi connectivity index (χ2n) is 6.49. The quantitative estimate of drug-likeness (QED) is 0.673. The smallest absolute Gasteiger partial charge is 0.315 e. The fraction of sp³-hybridized carbons (Fsp3) is 0.263. The third-order valence-corrected chi connectivity index (χ3v) is 4.03. The number of carbonyl (C=O) groups is 2. The topological polar surface area (TPSA) is 92.2 Å². The highest BCUT2D eigenvalue weighted by Crippen LogP contribution is 2.20. The Kier molecular flexibility index (Phi) is 5.46. The third-order valence-electron chi connectivity index (χ3n) is 4.03. The zero-order valence-corrected chi connectivity index (χ0v) is 15.6. The summed E-state index contributed by atoms with van der Waals surface area (Å²) in [5, 5.41) is 10.2. The third kappa shape index (κ3) is 4.68. The number of aryl methyl sites for hydroxylation is 1. The van der Waals surface area contributed by atoms with Gasteiger partial charge >= 0.3 is 11.8 Å². The van der Waals surface area contributed by atoms with E-state index in [-0.39, 0.29) is 0 Å². The molecule has 2 aromatic heterocycles. The summed E-state index contributed by atoms with van der Waals surface area (Å²) in [5.41, 5.74) is 1.98. The Morgan fingerprint density at radius 3 is 2.63 bits per heavy atom. The molecule has 0 fully saturated rings. The molecule has 3 aromatic rings. The standard InChI is InChI=1S/C19H22N6O2/c1-13-16(12-14-6-4-5-7-15(14)20-13)21-18(26)19(27)22-17-8-9-25(23-17)11-10-24(2)3/h4-9,12H,10-11H2,1-3H3,(H,21,26)(H,22,23,27). The van der Waals surface area contributed by atoms with Crippen LogP contribution in [0.4, 0.5) is 11.5 Å². The second-order valence-corrected chi connectivity index (χ2v) is 6.49. The summed E-state index contributed by atoms with van der Waals surface area (Å²) in [6.45, 7) is 3.30. The number of hydrogen-bond donors (Lipinski definition) is 2. The van der Waals surface area contributed by atoms with Crippen molar-refractivity contribution in [2.75, 3.05) is 31.3 Å². The van der Waals surface area contributed by atoms with Crippen LogP contribution in [0.3, 0.4) is 0 Å². The van der Waals surface area contributed by atoms with E-state index in [2.05, 4.69) is 20.7 Å². The minimum absolute atomic E-state index is 0.335. The number of rotatable bonds is 5. The van der Waals surface area contributed by atoms with Gasteiger partial charge in [0.25, 0.3) is 0 Å². The second kappa shape index (κ2) is 7.96. The first-order chi connectivity index (χ1) is 12.9. The average Bonchev–Trinajstić information content (AvgIpc) is 3.08. The van der Waals surface area contributed by atoms with E-state index in [0.29, 0.717) is 23.7 Å². The van der Waals surface area contributed by atoms with Crippen LogP contribution < -0.4 is 10.6 Å². The van der Waals surface area contributed by atoms with Crippen molar-refractivity contribution >= 4 is 34.2 Å². The van der Waals surface area contributed by atoms with Crippen molar-refractivity contribution in [3.05, 3.63) is 48.3 Å². The van der Waals surface area contributed by atoms with Gasteiger partial charge in [-0.15, -0.1) is 0 Å². The first-order valence-electron chi connectivity index (χ1n) is 8.59. The molecule has 0 unspecified atom stereocenters. The molecule has 0 aliphatic carbocycles. The normalized spacial score (nSPS) is 11.0. The Balaban J connectivity index is 1.64. The number of nitrogens with zero attached hydrogens (tertiary/aromatic N) is 4. The monoisotopic (exact) mass is 366 g/mol. The van der Waals surface area contributed by atoms with Gasteiger partial charge < -0.3 is 15.5 Å². The molecule has 27 heavy (non-hydrogen) atoms. The van der Waals surface area contributed by atoms with E-state index in [1.807, 2.05) is 43.3 Å². The number of amides is 2. The van der Waals surface area contributed by atoms with Crippen molar-refractivity contribution in [3.63, 3.8) is 0 Å². The lowest BCUT2D eigenvalue weighted by molar-refractivity contribution is -0.133. The van der Waals surface area contributed by atoms with Crippen molar-refractivity contribution in [1.82, 2.24) is 19.7 Å². The van der Waals surface area contributed by atoms with E-state index >= 15 is 0 Å². The number of likely N-dealkylation sites (N-methyl/N-ethyl adjacent to an activating group) is 1. The first kappa shape index (κ1) is 18.5. The van der Waals surface area contributed by atoms with Crippen molar-refractivity contribution in [3.8, 4) is 0 Å². The van der Waals surface area contributed by atoms with E-state index in [1.54, 1.807) is 29.9 Å². The zero-order chi connectivity index (χ0) is 19.4. The maximum absolute atomic E-state index is 12.2. The molecule has 0 aliphatic rings. The predicted molar refractivity (Wildman–Crippen MR) is 105 cm³/mol. The maximum atomic E-state index is 12.2. The number of nitrogens with one attached hydrogen (secondary N) is 2. The lowest BCUT2D eigenvalue weighted by Gasteiger charge is -2.09. The van der Waals surface area contributed by atoms with Gasteiger partial charge in [0.15, 0.2) is 5.82 Å². The molecule has 0 bridgehead atoms. The highest BCUT2D eigenvalue weighted by atomic mass is 16.2. The van der Waals surface area contributed by atoms with Gasteiger partial charge in [0.1, 0.15) is 0 Å². The largest absolute Gasteiger partial charge is 0.316 e. The molecule has 2 heterocycles. The molecule has 8 nitrogen and oxygen atoms in total. The maximum Gasteiger partial charge on any atom is 0.315 e. The molecule has 3 rings (SSSR count). The van der Waals surface area contributed by atoms with Crippen molar-refractivity contribution in [2.45, 2.75) is 13.5 Å². The lowest BCUT2D eigenvalue weighted by atomic mass is 10.2. The van der Waals surface area contributed by atoms with Gasteiger partial charge in [0.2, 0.25) is 0 Å². The van der Waals surface area contributed by atoms with Gasteiger partial charge in [-0.1, -0.05) is 18.2 Å². The molecule has 2 N–H and O–H groups in total. The minimum atomic E-state index is -0.777. The van der Waals surface area contributed by atoms with Gasteiger partial charge in [-0.05, 0) is 33.2 Å². The Hall–Kier alpha value is -3.26. The fourth-order valence-electron chi connectivity index (χ4n) is 2.55. The average molecular weight is 366 g/mol.